The maximum absolute atomic E-state index is 13.2. The number of hydrogen-bond acceptors (Lipinski definition) is 6. The first-order valence-electron chi connectivity index (χ1n) is 10.9. The van der Waals surface area contributed by atoms with Crippen molar-refractivity contribution in [2.45, 2.75) is 58.6 Å². The summed E-state index contributed by atoms with van der Waals surface area (Å²) in [5.41, 5.74) is 6.50. The summed E-state index contributed by atoms with van der Waals surface area (Å²) in [4.78, 5) is 25.0. The van der Waals surface area contributed by atoms with Gasteiger partial charge in [-0.05, 0) is 61.3 Å². The van der Waals surface area contributed by atoms with E-state index in [4.69, 9.17) is 9.47 Å². The Kier molecular flexibility index (Phi) is 4.74. The molecule has 1 aromatic carbocycles. The summed E-state index contributed by atoms with van der Waals surface area (Å²) < 4.78 is 12.7. The number of benzene rings is 1. The number of rotatable bonds is 4. The van der Waals surface area contributed by atoms with Gasteiger partial charge in [0.05, 0.1) is 11.6 Å². The molecule has 3 unspecified atom stereocenters. The van der Waals surface area contributed by atoms with Gasteiger partial charge in [-0.3, -0.25) is 4.79 Å². The Hall–Kier alpha value is -3.32. The summed E-state index contributed by atoms with van der Waals surface area (Å²) in [6.45, 7) is 10.3. The monoisotopic (exact) mass is 434 g/mol. The van der Waals surface area contributed by atoms with Crippen molar-refractivity contribution >= 4 is 17.2 Å². The first-order valence-corrected chi connectivity index (χ1v) is 10.9. The fourth-order valence-electron chi connectivity index (χ4n) is 4.76. The van der Waals surface area contributed by atoms with Gasteiger partial charge in [0.2, 0.25) is 0 Å². The van der Waals surface area contributed by atoms with Crippen LogP contribution in [0.15, 0.2) is 46.8 Å². The topological polar surface area (TPSA) is 89.8 Å². The Bertz CT molecular complexity index is 1260. The van der Waals surface area contributed by atoms with Gasteiger partial charge >= 0.3 is 5.97 Å². The van der Waals surface area contributed by atoms with Gasteiger partial charge in [0.15, 0.2) is 6.10 Å². The number of aliphatic hydroxyl groups excluding tert-OH is 1. The highest BCUT2D eigenvalue weighted by Crippen LogP contribution is 2.47. The van der Waals surface area contributed by atoms with Gasteiger partial charge < -0.3 is 24.5 Å². The van der Waals surface area contributed by atoms with Gasteiger partial charge in [0, 0.05) is 29.1 Å². The number of pyridine rings is 1. The molecule has 5 rings (SSSR count). The molecule has 0 saturated carbocycles. The van der Waals surface area contributed by atoms with E-state index in [0.29, 0.717) is 17.7 Å². The standard InChI is InChI=1S/C25H26N2O5/c1-5-15-16-8-14(32-13(4)12(2)3)6-7-20(16)26-22-18(15)10-27-21(22)9-17-19(24(27)29)11-31-25(30)23(17)28/h6-9,13,22-23,26,28H,2,5,10-11H2,1,3-4H3. The zero-order chi connectivity index (χ0) is 22.7. The molecule has 0 fully saturated rings. The molecule has 0 radical (unpaired) electrons. The van der Waals surface area contributed by atoms with Crippen molar-refractivity contribution in [3.8, 4) is 5.75 Å². The van der Waals surface area contributed by atoms with Crippen LogP contribution in [0.3, 0.4) is 0 Å². The second-order valence-corrected chi connectivity index (χ2v) is 8.65. The highest BCUT2D eigenvalue weighted by atomic mass is 16.5. The lowest BCUT2D eigenvalue weighted by atomic mass is 9.88. The predicted octanol–water partition coefficient (Wildman–Crippen LogP) is 3.63. The van der Waals surface area contributed by atoms with Crippen LogP contribution < -0.4 is 15.6 Å². The molecule has 3 atom stereocenters. The average Bonchev–Trinajstić information content (AvgIpc) is 3.13. The van der Waals surface area contributed by atoms with E-state index in [1.54, 1.807) is 10.6 Å². The Morgan fingerprint density at radius 2 is 2.16 bits per heavy atom. The second kappa shape index (κ2) is 7.38. The predicted molar refractivity (Wildman–Crippen MR) is 120 cm³/mol. The minimum Gasteiger partial charge on any atom is -0.486 e. The van der Waals surface area contributed by atoms with Crippen LogP contribution in [0.2, 0.25) is 0 Å². The number of allylic oxidation sites excluding steroid dienone is 1. The molecule has 0 saturated heterocycles. The molecular weight excluding hydrogens is 408 g/mol. The molecule has 7 nitrogen and oxygen atoms in total. The number of aliphatic hydroxyl groups is 1. The van der Waals surface area contributed by atoms with Crippen LogP contribution in [0.4, 0.5) is 5.69 Å². The molecule has 32 heavy (non-hydrogen) atoms. The van der Waals surface area contributed by atoms with Gasteiger partial charge in [-0.2, -0.15) is 0 Å². The molecule has 4 heterocycles. The molecule has 2 aromatic rings. The molecule has 0 amide bonds. The number of aromatic nitrogens is 1. The quantitative estimate of drug-likeness (QED) is 0.564. The van der Waals surface area contributed by atoms with Crippen molar-refractivity contribution in [3.05, 3.63) is 74.7 Å². The molecule has 2 N–H and O–H groups in total. The van der Waals surface area contributed by atoms with E-state index in [9.17, 15) is 14.7 Å². The lowest BCUT2D eigenvalue weighted by Gasteiger charge is -2.29. The van der Waals surface area contributed by atoms with Crippen molar-refractivity contribution in [1.29, 1.82) is 0 Å². The van der Waals surface area contributed by atoms with Crippen LogP contribution in [0.25, 0.3) is 5.57 Å². The number of hydrogen-bond donors (Lipinski definition) is 2. The molecule has 3 aliphatic heterocycles. The van der Waals surface area contributed by atoms with E-state index >= 15 is 0 Å². The number of esters is 1. The minimum absolute atomic E-state index is 0.0907. The smallest absolute Gasteiger partial charge is 0.340 e. The number of ether oxygens (including phenoxy) is 2. The molecule has 0 aliphatic carbocycles. The summed E-state index contributed by atoms with van der Waals surface area (Å²) in [5.74, 6) is 0.0521. The highest BCUT2D eigenvalue weighted by Gasteiger charge is 2.39. The number of carbonyl (C=O) groups excluding carboxylic acids is 1. The summed E-state index contributed by atoms with van der Waals surface area (Å²) in [5, 5.41) is 13.9. The van der Waals surface area contributed by atoms with Crippen molar-refractivity contribution in [1.82, 2.24) is 4.57 Å². The molecule has 3 aliphatic rings. The molecular formula is C25H26N2O5. The van der Waals surface area contributed by atoms with E-state index in [0.717, 1.165) is 40.3 Å². The first-order chi connectivity index (χ1) is 15.3. The van der Waals surface area contributed by atoms with Gasteiger partial charge in [-0.25, -0.2) is 4.79 Å². The Morgan fingerprint density at radius 1 is 1.38 bits per heavy atom. The minimum atomic E-state index is -1.43. The van der Waals surface area contributed by atoms with Crippen LogP contribution in [0, 0.1) is 0 Å². The lowest BCUT2D eigenvalue weighted by molar-refractivity contribution is -0.157. The number of anilines is 1. The normalized spacial score (nSPS) is 21.6. The van der Waals surface area contributed by atoms with Crippen molar-refractivity contribution in [2.24, 2.45) is 0 Å². The summed E-state index contributed by atoms with van der Waals surface area (Å²) >= 11 is 0. The highest BCUT2D eigenvalue weighted by molar-refractivity contribution is 5.84. The van der Waals surface area contributed by atoms with E-state index in [1.165, 1.54) is 5.57 Å². The third kappa shape index (κ3) is 2.99. The molecule has 166 valence electrons. The Labute approximate surface area is 186 Å². The number of nitrogens with one attached hydrogen (secondary N) is 1. The third-order valence-electron chi connectivity index (χ3n) is 6.68. The fraction of sp³-hybridized carbons (Fsp3) is 0.360. The van der Waals surface area contributed by atoms with Crippen molar-refractivity contribution < 1.29 is 19.4 Å². The number of fused-ring (bicyclic) bond motifs is 5. The summed E-state index contributed by atoms with van der Waals surface area (Å²) in [7, 11) is 0. The van der Waals surface area contributed by atoms with Crippen molar-refractivity contribution in [2.75, 3.05) is 5.32 Å². The molecule has 0 spiro atoms. The second-order valence-electron chi connectivity index (χ2n) is 8.65. The third-order valence-corrected chi connectivity index (χ3v) is 6.68. The number of cyclic esters (lactones) is 1. The maximum Gasteiger partial charge on any atom is 0.340 e. The van der Waals surface area contributed by atoms with Gasteiger partial charge in [-0.1, -0.05) is 13.5 Å². The van der Waals surface area contributed by atoms with Crippen LogP contribution in [0.5, 0.6) is 5.75 Å². The van der Waals surface area contributed by atoms with Crippen LogP contribution in [-0.4, -0.2) is 21.7 Å². The van der Waals surface area contributed by atoms with Crippen LogP contribution >= 0.6 is 0 Å². The van der Waals surface area contributed by atoms with E-state index < -0.39 is 12.1 Å². The fourth-order valence-corrected chi connectivity index (χ4v) is 4.76. The van der Waals surface area contributed by atoms with E-state index in [1.807, 2.05) is 32.0 Å². The lowest BCUT2D eigenvalue weighted by Crippen LogP contribution is -2.33. The SMILES string of the molecule is C=C(C)C(C)Oc1ccc2c(c1)C(CC)=C1Cn3c(cc4c(c3=O)COC(=O)C4O)C1N2. The number of nitrogens with zero attached hydrogens (tertiary/aromatic N) is 1. The van der Waals surface area contributed by atoms with Crippen LogP contribution in [-0.2, 0) is 22.7 Å². The van der Waals surface area contributed by atoms with E-state index in [-0.39, 0.29) is 24.3 Å². The molecule has 1 aromatic heterocycles. The van der Waals surface area contributed by atoms with Gasteiger partial charge in [-0.15, -0.1) is 0 Å². The maximum atomic E-state index is 13.2. The van der Waals surface area contributed by atoms with E-state index in [2.05, 4.69) is 18.8 Å². The largest absolute Gasteiger partial charge is 0.486 e. The van der Waals surface area contributed by atoms with Gasteiger partial charge in [0.25, 0.3) is 5.56 Å². The van der Waals surface area contributed by atoms with Crippen LogP contribution in [0.1, 0.15) is 61.7 Å². The van der Waals surface area contributed by atoms with Gasteiger partial charge in [0.1, 0.15) is 18.5 Å². The first kappa shape index (κ1) is 20.6. The molecule has 7 heteroatoms. The summed E-state index contributed by atoms with van der Waals surface area (Å²) in [6, 6.07) is 7.54. The zero-order valence-corrected chi connectivity index (χ0v) is 18.4. The Morgan fingerprint density at radius 3 is 2.88 bits per heavy atom. The number of carbonyl (C=O) groups is 1. The molecule has 0 bridgehead atoms. The van der Waals surface area contributed by atoms with Crippen molar-refractivity contribution in [3.63, 3.8) is 0 Å². The zero-order valence-electron chi connectivity index (χ0n) is 18.4. The Balaban J connectivity index is 1.60. The summed E-state index contributed by atoms with van der Waals surface area (Å²) in [6.07, 6.45) is -0.721. The average molecular weight is 434 g/mol.